The molecule has 0 spiro atoms. The molecule has 3 nitrogen and oxygen atoms in total. The normalized spacial score (nSPS) is 18.9. The van der Waals surface area contributed by atoms with Crippen LogP contribution in [0.1, 0.15) is 36.8 Å². The van der Waals surface area contributed by atoms with Crippen LogP contribution in [-0.4, -0.2) is 28.6 Å². The van der Waals surface area contributed by atoms with Crippen molar-refractivity contribution < 1.29 is 9.90 Å². The quantitative estimate of drug-likeness (QED) is 0.774. The molecule has 0 unspecified atom stereocenters. The van der Waals surface area contributed by atoms with Gasteiger partial charge in [-0.1, -0.05) is 24.3 Å². The summed E-state index contributed by atoms with van der Waals surface area (Å²) in [6, 6.07) is 8.99. The Morgan fingerprint density at radius 2 is 2.10 bits per heavy atom. The molecule has 2 saturated carbocycles. The average Bonchev–Trinajstić information content (AvgIpc) is 3.27. The van der Waals surface area contributed by atoms with Crippen LogP contribution in [0, 0.1) is 5.92 Å². The molecule has 3 heteroatoms. The Kier molecular flexibility index (Phi) is 3.88. The Morgan fingerprint density at radius 3 is 2.75 bits per heavy atom. The van der Waals surface area contributed by atoms with E-state index in [2.05, 4.69) is 17.0 Å². The number of aliphatic carboxylic acids is 1. The number of benzene rings is 1. The highest BCUT2D eigenvalue weighted by Crippen LogP contribution is 2.35. The van der Waals surface area contributed by atoms with E-state index in [4.69, 9.17) is 5.11 Å². The second kappa shape index (κ2) is 5.80. The van der Waals surface area contributed by atoms with Gasteiger partial charge >= 0.3 is 5.97 Å². The molecule has 20 heavy (non-hydrogen) atoms. The summed E-state index contributed by atoms with van der Waals surface area (Å²) in [6.07, 6.45) is 8.32. The largest absolute Gasteiger partial charge is 0.478 e. The van der Waals surface area contributed by atoms with E-state index >= 15 is 0 Å². The highest BCUT2D eigenvalue weighted by molar-refractivity contribution is 5.85. The van der Waals surface area contributed by atoms with Crippen LogP contribution in [0.25, 0.3) is 6.08 Å². The lowest BCUT2D eigenvalue weighted by Gasteiger charge is -2.22. The third-order valence-electron chi connectivity index (χ3n) is 4.01. The molecule has 1 aromatic rings. The Morgan fingerprint density at radius 1 is 1.30 bits per heavy atom. The molecule has 1 aromatic carbocycles. The van der Waals surface area contributed by atoms with Gasteiger partial charge in [-0.2, -0.15) is 0 Å². The zero-order chi connectivity index (χ0) is 13.9. The molecule has 106 valence electrons. The van der Waals surface area contributed by atoms with Gasteiger partial charge in [-0.3, -0.25) is 4.90 Å². The van der Waals surface area contributed by atoms with Crippen LogP contribution in [0.5, 0.6) is 0 Å². The van der Waals surface area contributed by atoms with Gasteiger partial charge in [0, 0.05) is 25.2 Å². The molecule has 1 N–H and O–H groups in total. The molecule has 0 radical (unpaired) electrons. The van der Waals surface area contributed by atoms with E-state index in [1.165, 1.54) is 43.9 Å². The second-order valence-electron chi connectivity index (χ2n) is 6.02. The van der Waals surface area contributed by atoms with Gasteiger partial charge in [0.05, 0.1) is 0 Å². The predicted octanol–water partition coefficient (Wildman–Crippen LogP) is 3.16. The van der Waals surface area contributed by atoms with E-state index in [9.17, 15) is 4.79 Å². The second-order valence-corrected chi connectivity index (χ2v) is 6.02. The number of hydrogen-bond donors (Lipinski definition) is 1. The van der Waals surface area contributed by atoms with Crippen molar-refractivity contribution in [2.75, 3.05) is 6.54 Å². The van der Waals surface area contributed by atoms with Crippen LogP contribution in [-0.2, 0) is 11.3 Å². The zero-order valence-corrected chi connectivity index (χ0v) is 11.7. The summed E-state index contributed by atoms with van der Waals surface area (Å²) in [4.78, 5) is 13.2. The summed E-state index contributed by atoms with van der Waals surface area (Å²) in [6.45, 7) is 2.23. The summed E-state index contributed by atoms with van der Waals surface area (Å²) in [5.41, 5.74) is 2.25. The molecule has 2 aliphatic carbocycles. The Balaban J connectivity index is 1.65. The van der Waals surface area contributed by atoms with Gasteiger partial charge in [-0.25, -0.2) is 4.79 Å². The van der Waals surface area contributed by atoms with Gasteiger partial charge in [-0.15, -0.1) is 0 Å². The third kappa shape index (κ3) is 3.94. The van der Waals surface area contributed by atoms with E-state index in [1.807, 2.05) is 12.1 Å². The lowest BCUT2D eigenvalue weighted by molar-refractivity contribution is -0.131. The summed E-state index contributed by atoms with van der Waals surface area (Å²) >= 11 is 0. The minimum Gasteiger partial charge on any atom is -0.478 e. The van der Waals surface area contributed by atoms with Crippen LogP contribution in [0.3, 0.4) is 0 Å². The summed E-state index contributed by atoms with van der Waals surface area (Å²) in [7, 11) is 0. The Labute approximate surface area is 119 Å². The van der Waals surface area contributed by atoms with E-state index in [0.29, 0.717) is 0 Å². The van der Waals surface area contributed by atoms with Gasteiger partial charge in [-0.05, 0) is 48.8 Å². The Hall–Kier alpha value is -1.61. The lowest BCUT2D eigenvalue weighted by atomic mass is 10.1. The van der Waals surface area contributed by atoms with Gasteiger partial charge in [0.15, 0.2) is 0 Å². The Bertz CT molecular complexity index is 515. The van der Waals surface area contributed by atoms with Gasteiger partial charge in [0.2, 0.25) is 0 Å². The van der Waals surface area contributed by atoms with Gasteiger partial charge in [0.25, 0.3) is 0 Å². The molecule has 2 fully saturated rings. The van der Waals surface area contributed by atoms with Crippen LogP contribution in [0.2, 0.25) is 0 Å². The molecule has 0 heterocycles. The van der Waals surface area contributed by atoms with Crippen LogP contribution >= 0.6 is 0 Å². The van der Waals surface area contributed by atoms with Crippen LogP contribution in [0.4, 0.5) is 0 Å². The fraction of sp³-hybridized carbons (Fsp3) is 0.471. The lowest BCUT2D eigenvalue weighted by Crippen LogP contribution is -2.27. The molecule has 0 saturated heterocycles. The molecule has 2 aliphatic rings. The first-order valence-corrected chi connectivity index (χ1v) is 7.45. The van der Waals surface area contributed by atoms with Crippen molar-refractivity contribution in [2.24, 2.45) is 5.92 Å². The van der Waals surface area contributed by atoms with Gasteiger partial charge in [0.1, 0.15) is 0 Å². The number of carbonyl (C=O) groups is 1. The fourth-order valence-corrected chi connectivity index (χ4v) is 2.61. The topological polar surface area (TPSA) is 40.5 Å². The third-order valence-corrected chi connectivity index (χ3v) is 4.01. The predicted molar refractivity (Wildman–Crippen MR) is 79.3 cm³/mol. The van der Waals surface area contributed by atoms with Crippen molar-refractivity contribution >= 4 is 12.0 Å². The molecule has 3 rings (SSSR count). The highest BCUT2D eigenvalue weighted by Gasteiger charge is 2.33. The van der Waals surface area contributed by atoms with Crippen molar-refractivity contribution in [3.63, 3.8) is 0 Å². The van der Waals surface area contributed by atoms with Crippen molar-refractivity contribution in [1.82, 2.24) is 4.90 Å². The number of hydrogen-bond acceptors (Lipinski definition) is 2. The van der Waals surface area contributed by atoms with Crippen molar-refractivity contribution in [2.45, 2.75) is 38.3 Å². The monoisotopic (exact) mass is 271 g/mol. The molecular formula is C17H21NO2. The molecular weight excluding hydrogens is 250 g/mol. The summed E-state index contributed by atoms with van der Waals surface area (Å²) in [5, 5.41) is 8.68. The maximum atomic E-state index is 10.6. The SMILES string of the molecule is O=C(O)C=Cc1cccc(CN(CC2CC2)C2CC2)c1. The van der Waals surface area contributed by atoms with E-state index in [-0.39, 0.29) is 0 Å². The zero-order valence-electron chi connectivity index (χ0n) is 11.7. The fourth-order valence-electron chi connectivity index (χ4n) is 2.61. The first-order valence-electron chi connectivity index (χ1n) is 7.45. The first kappa shape index (κ1) is 13.4. The maximum Gasteiger partial charge on any atom is 0.328 e. The van der Waals surface area contributed by atoms with Gasteiger partial charge < -0.3 is 5.11 Å². The van der Waals surface area contributed by atoms with E-state index in [1.54, 1.807) is 6.08 Å². The van der Waals surface area contributed by atoms with E-state index < -0.39 is 5.97 Å². The average molecular weight is 271 g/mol. The van der Waals surface area contributed by atoms with Crippen LogP contribution in [0.15, 0.2) is 30.3 Å². The van der Waals surface area contributed by atoms with Crippen molar-refractivity contribution in [3.05, 3.63) is 41.5 Å². The number of carboxylic acids is 1. The molecule has 0 bridgehead atoms. The standard InChI is InChI=1S/C17H21NO2/c19-17(20)9-6-13-2-1-3-15(10-13)12-18(16-7-8-16)11-14-4-5-14/h1-3,6,9-10,14,16H,4-5,7-8,11-12H2,(H,19,20). The molecule has 0 aromatic heterocycles. The molecule has 0 atom stereocenters. The minimum atomic E-state index is -0.899. The highest BCUT2D eigenvalue weighted by atomic mass is 16.4. The summed E-state index contributed by atoms with van der Waals surface area (Å²) in [5.74, 6) is 0.0226. The molecule has 0 aliphatic heterocycles. The number of rotatable bonds is 7. The molecule has 0 amide bonds. The smallest absolute Gasteiger partial charge is 0.328 e. The van der Waals surface area contributed by atoms with E-state index in [0.717, 1.165) is 24.1 Å². The summed E-state index contributed by atoms with van der Waals surface area (Å²) < 4.78 is 0. The van der Waals surface area contributed by atoms with Crippen molar-refractivity contribution in [3.8, 4) is 0 Å². The first-order chi connectivity index (χ1) is 9.70. The van der Waals surface area contributed by atoms with Crippen molar-refractivity contribution in [1.29, 1.82) is 0 Å². The maximum absolute atomic E-state index is 10.6. The number of carboxylic acid groups (broad SMARTS) is 1. The minimum absolute atomic E-state index is 0.786. The number of nitrogens with zero attached hydrogens (tertiary/aromatic N) is 1. The van der Waals surface area contributed by atoms with Crippen LogP contribution < -0.4 is 0 Å².